The number of carbonyl (C=O) groups is 1. The Morgan fingerprint density at radius 1 is 1.35 bits per heavy atom. The lowest BCUT2D eigenvalue weighted by Gasteiger charge is -2.29. The van der Waals surface area contributed by atoms with E-state index in [0.29, 0.717) is 24.9 Å². The molecular weight excluding hydrogens is 326 g/mol. The topological polar surface area (TPSA) is 65.4 Å². The van der Waals surface area contributed by atoms with E-state index >= 15 is 0 Å². The van der Waals surface area contributed by atoms with Crippen molar-refractivity contribution in [3.63, 3.8) is 0 Å². The van der Waals surface area contributed by atoms with Gasteiger partial charge in [-0.15, -0.1) is 0 Å². The van der Waals surface area contributed by atoms with E-state index in [4.69, 9.17) is 10.1 Å². The van der Waals surface area contributed by atoms with E-state index in [-0.39, 0.29) is 12.0 Å². The lowest BCUT2D eigenvalue weighted by Crippen LogP contribution is -2.46. The highest BCUT2D eigenvalue weighted by Crippen LogP contribution is 2.28. The molecule has 144 valence electrons. The van der Waals surface area contributed by atoms with Crippen LogP contribution in [0, 0.1) is 11.3 Å². The van der Waals surface area contributed by atoms with E-state index in [1.54, 1.807) is 7.05 Å². The van der Waals surface area contributed by atoms with Crippen molar-refractivity contribution in [3.8, 4) is 5.75 Å². The summed E-state index contributed by atoms with van der Waals surface area (Å²) in [5, 5.41) is 11.2. The number of amides is 1. The summed E-state index contributed by atoms with van der Waals surface area (Å²) in [6.45, 7) is 4.83. The van der Waals surface area contributed by atoms with E-state index in [1.165, 1.54) is 42.6 Å². The van der Waals surface area contributed by atoms with Gasteiger partial charge in [-0.3, -0.25) is 15.1 Å². The molecule has 0 radical (unpaired) electrons. The first-order valence-corrected chi connectivity index (χ1v) is 9.75. The fraction of sp³-hybridized carbons (Fsp3) is 0.619. The summed E-state index contributed by atoms with van der Waals surface area (Å²) in [5.41, 5.74) is 1.26. The van der Waals surface area contributed by atoms with Crippen LogP contribution >= 0.6 is 0 Å². The standard InChI is InChI=1S/C21H33N3O2/c1-16(2)18-10-7-11-20(13-18)26-14-19(23-21(22)24(3)15-25)12-17-8-5-4-6-9-17/h7,10-11,13,15-17,19H,4-6,8-9,12,14H2,1-3H3,(H2,22,23). The van der Waals surface area contributed by atoms with Gasteiger partial charge in [0.15, 0.2) is 5.96 Å². The third-order valence-electron chi connectivity index (χ3n) is 5.17. The van der Waals surface area contributed by atoms with Gasteiger partial charge in [0.1, 0.15) is 12.4 Å². The van der Waals surface area contributed by atoms with Crippen molar-refractivity contribution in [2.24, 2.45) is 5.92 Å². The first-order chi connectivity index (χ1) is 12.5. The molecule has 0 bridgehead atoms. The van der Waals surface area contributed by atoms with Crippen molar-refractivity contribution < 1.29 is 9.53 Å². The minimum Gasteiger partial charge on any atom is -0.491 e. The number of nitrogens with one attached hydrogen (secondary N) is 2. The van der Waals surface area contributed by atoms with Crippen LogP contribution in [0.1, 0.15) is 63.9 Å². The van der Waals surface area contributed by atoms with Crippen molar-refractivity contribution in [2.75, 3.05) is 13.7 Å². The monoisotopic (exact) mass is 359 g/mol. The molecule has 1 atom stereocenters. The number of nitrogens with zero attached hydrogens (tertiary/aromatic N) is 1. The summed E-state index contributed by atoms with van der Waals surface area (Å²) in [4.78, 5) is 12.2. The van der Waals surface area contributed by atoms with Gasteiger partial charge in [0.05, 0.1) is 6.04 Å². The van der Waals surface area contributed by atoms with Crippen LogP contribution in [0.4, 0.5) is 0 Å². The molecule has 0 saturated heterocycles. The molecular formula is C21H33N3O2. The molecule has 1 saturated carbocycles. The first-order valence-electron chi connectivity index (χ1n) is 9.75. The molecule has 2 N–H and O–H groups in total. The number of ether oxygens (including phenoxy) is 1. The fourth-order valence-corrected chi connectivity index (χ4v) is 3.50. The predicted octanol–water partition coefficient (Wildman–Crippen LogP) is 4.14. The van der Waals surface area contributed by atoms with Crippen molar-refractivity contribution in [2.45, 2.75) is 64.3 Å². The van der Waals surface area contributed by atoms with Crippen LogP contribution < -0.4 is 10.1 Å². The van der Waals surface area contributed by atoms with Crippen molar-refractivity contribution in [1.29, 1.82) is 5.41 Å². The Kier molecular flexibility index (Phi) is 7.95. The van der Waals surface area contributed by atoms with Crippen LogP contribution in [0.25, 0.3) is 0 Å². The van der Waals surface area contributed by atoms with Crippen LogP contribution in [-0.4, -0.2) is 37.0 Å². The maximum Gasteiger partial charge on any atom is 0.216 e. The van der Waals surface area contributed by atoms with Crippen LogP contribution in [-0.2, 0) is 4.79 Å². The van der Waals surface area contributed by atoms with Gasteiger partial charge in [-0.1, -0.05) is 58.1 Å². The van der Waals surface area contributed by atoms with E-state index in [9.17, 15) is 4.79 Å². The molecule has 1 aromatic carbocycles. The second kappa shape index (κ2) is 10.2. The minimum atomic E-state index is 0.0238. The molecule has 0 aromatic heterocycles. The molecule has 1 fully saturated rings. The molecule has 1 aromatic rings. The Morgan fingerprint density at radius 3 is 2.73 bits per heavy atom. The van der Waals surface area contributed by atoms with Gasteiger partial charge in [0.2, 0.25) is 6.41 Å². The second-order valence-corrected chi connectivity index (χ2v) is 7.68. The largest absolute Gasteiger partial charge is 0.491 e. The third kappa shape index (κ3) is 6.36. The van der Waals surface area contributed by atoms with Gasteiger partial charge in [0.25, 0.3) is 0 Å². The average molecular weight is 360 g/mol. The Morgan fingerprint density at radius 2 is 2.08 bits per heavy atom. The van der Waals surface area contributed by atoms with Gasteiger partial charge in [-0.25, -0.2) is 0 Å². The van der Waals surface area contributed by atoms with Gasteiger partial charge < -0.3 is 10.1 Å². The molecule has 5 heteroatoms. The van der Waals surface area contributed by atoms with Crippen LogP contribution in [0.3, 0.4) is 0 Å². The predicted molar refractivity (Wildman–Crippen MR) is 106 cm³/mol. The first kappa shape index (κ1) is 20.3. The molecule has 26 heavy (non-hydrogen) atoms. The summed E-state index contributed by atoms with van der Waals surface area (Å²) in [5.74, 6) is 2.12. The Hall–Kier alpha value is -2.04. The maximum atomic E-state index is 10.9. The quantitative estimate of drug-likeness (QED) is 0.416. The van der Waals surface area contributed by atoms with Gasteiger partial charge in [0, 0.05) is 7.05 Å². The van der Waals surface area contributed by atoms with E-state index < -0.39 is 0 Å². The van der Waals surface area contributed by atoms with Gasteiger partial charge in [-0.05, 0) is 36.0 Å². The second-order valence-electron chi connectivity index (χ2n) is 7.68. The highest BCUT2D eigenvalue weighted by molar-refractivity contribution is 5.86. The summed E-state index contributed by atoms with van der Waals surface area (Å²) >= 11 is 0. The number of carbonyl (C=O) groups excluding carboxylic acids is 1. The molecule has 1 aliphatic rings. The molecule has 0 spiro atoms. The molecule has 1 unspecified atom stereocenters. The lowest BCUT2D eigenvalue weighted by molar-refractivity contribution is -0.114. The zero-order valence-electron chi connectivity index (χ0n) is 16.3. The zero-order chi connectivity index (χ0) is 18.9. The highest BCUT2D eigenvalue weighted by Gasteiger charge is 2.21. The Balaban J connectivity index is 1.98. The zero-order valence-corrected chi connectivity index (χ0v) is 16.3. The molecule has 0 heterocycles. The van der Waals surface area contributed by atoms with Crippen molar-refractivity contribution in [3.05, 3.63) is 29.8 Å². The summed E-state index contributed by atoms with van der Waals surface area (Å²) in [6, 6.07) is 8.23. The molecule has 5 nitrogen and oxygen atoms in total. The maximum absolute atomic E-state index is 10.9. The smallest absolute Gasteiger partial charge is 0.216 e. The van der Waals surface area contributed by atoms with Crippen LogP contribution in [0.5, 0.6) is 5.75 Å². The summed E-state index contributed by atoms with van der Waals surface area (Å²) in [6.07, 6.45) is 8.03. The Labute approximate surface area is 157 Å². The third-order valence-corrected chi connectivity index (χ3v) is 5.17. The lowest BCUT2D eigenvalue weighted by atomic mass is 9.85. The molecule has 1 amide bonds. The van der Waals surface area contributed by atoms with Crippen LogP contribution in [0.2, 0.25) is 0 Å². The SMILES string of the molecule is CC(C)c1cccc(OCC(CC2CCCCC2)NC(=N)N(C)C=O)c1. The van der Waals surface area contributed by atoms with E-state index in [2.05, 4.69) is 31.3 Å². The summed E-state index contributed by atoms with van der Waals surface area (Å²) in [7, 11) is 1.59. The minimum absolute atomic E-state index is 0.0238. The Bertz CT molecular complexity index is 582. The van der Waals surface area contributed by atoms with Crippen LogP contribution in [0.15, 0.2) is 24.3 Å². The highest BCUT2D eigenvalue weighted by atomic mass is 16.5. The number of hydrogen-bond acceptors (Lipinski definition) is 3. The van der Waals surface area contributed by atoms with Gasteiger partial charge >= 0.3 is 0 Å². The normalized spacial score (nSPS) is 16.2. The molecule has 0 aliphatic heterocycles. The molecule has 2 rings (SSSR count). The fourth-order valence-electron chi connectivity index (χ4n) is 3.50. The number of guanidine groups is 1. The number of hydrogen-bond donors (Lipinski definition) is 2. The van der Waals surface area contributed by atoms with Crippen molar-refractivity contribution >= 4 is 12.4 Å². The van der Waals surface area contributed by atoms with Crippen molar-refractivity contribution in [1.82, 2.24) is 10.2 Å². The molecule has 1 aliphatic carbocycles. The van der Waals surface area contributed by atoms with Gasteiger partial charge in [-0.2, -0.15) is 0 Å². The average Bonchev–Trinajstić information content (AvgIpc) is 2.66. The van der Waals surface area contributed by atoms with E-state index in [0.717, 1.165) is 12.2 Å². The van der Waals surface area contributed by atoms with E-state index in [1.807, 2.05) is 12.1 Å². The number of rotatable bonds is 8. The summed E-state index contributed by atoms with van der Waals surface area (Å²) < 4.78 is 6.05. The number of benzene rings is 1.